The van der Waals surface area contributed by atoms with Crippen molar-refractivity contribution in [3.05, 3.63) is 36.2 Å². The Labute approximate surface area is 113 Å². The summed E-state index contributed by atoms with van der Waals surface area (Å²) in [5, 5.41) is 7.74. The second kappa shape index (κ2) is 5.57. The predicted octanol–water partition coefficient (Wildman–Crippen LogP) is 1.56. The molecule has 102 valence electrons. The molecule has 0 amide bonds. The largest absolute Gasteiger partial charge is 0.332 e. The zero-order valence-corrected chi connectivity index (χ0v) is 11.4. The third kappa shape index (κ3) is 2.87. The highest BCUT2D eigenvalue weighted by atomic mass is 15.3. The summed E-state index contributed by atoms with van der Waals surface area (Å²) in [6.45, 7) is 6.16. The van der Waals surface area contributed by atoms with Crippen LogP contribution in [0.1, 0.15) is 30.0 Å². The molecule has 0 unspecified atom stereocenters. The van der Waals surface area contributed by atoms with Crippen molar-refractivity contribution in [2.24, 2.45) is 0 Å². The van der Waals surface area contributed by atoms with Crippen molar-refractivity contribution in [2.75, 3.05) is 13.1 Å². The SMILES string of the molecule is Cc1cnn(CCn2cncc2C2CCNCC2)c1. The molecular formula is C14H21N5. The molecule has 19 heavy (non-hydrogen) atoms. The summed E-state index contributed by atoms with van der Waals surface area (Å²) in [4.78, 5) is 4.33. The third-order valence-corrected chi connectivity index (χ3v) is 3.83. The number of imidazole rings is 1. The zero-order valence-electron chi connectivity index (χ0n) is 11.4. The maximum atomic E-state index is 4.33. The van der Waals surface area contributed by atoms with Crippen LogP contribution >= 0.6 is 0 Å². The van der Waals surface area contributed by atoms with Gasteiger partial charge >= 0.3 is 0 Å². The molecular weight excluding hydrogens is 238 g/mol. The van der Waals surface area contributed by atoms with Crippen molar-refractivity contribution in [3.8, 4) is 0 Å². The van der Waals surface area contributed by atoms with Crippen molar-refractivity contribution in [1.82, 2.24) is 24.6 Å². The normalized spacial score (nSPS) is 16.9. The van der Waals surface area contributed by atoms with Gasteiger partial charge in [0, 0.05) is 30.6 Å². The lowest BCUT2D eigenvalue weighted by molar-refractivity contribution is 0.429. The highest BCUT2D eigenvalue weighted by Crippen LogP contribution is 2.24. The van der Waals surface area contributed by atoms with E-state index in [1.54, 1.807) is 0 Å². The van der Waals surface area contributed by atoms with Gasteiger partial charge in [-0.2, -0.15) is 5.10 Å². The molecule has 2 aromatic rings. The molecule has 0 radical (unpaired) electrons. The van der Waals surface area contributed by atoms with Gasteiger partial charge in [0.2, 0.25) is 0 Å². The molecule has 0 aromatic carbocycles. The molecule has 1 N–H and O–H groups in total. The molecule has 1 aliphatic heterocycles. The molecule has 1 fully saturated rings. The van der Waals surface area contributed by atoms with Crippen LogP contribution in [0.3, 0.4) is 0 Å². The summed E-state index contributed by atoms with van der Waals surface area (Å²) in [6.07, 6.45) is 10.4. The van der Waals surface area contributed by atoms with Crippen LogP contribution in [-0.4, -0.2) is 32.4 Å². The van der Waals surface area contributed by atoms with E-state index in [0.717, 1.165) is 26.2 Å². The van der Waals surface area contributed by atoms with Crippen LogP contribution in [0, 0.1) is 6.92 Å². The van der Waals surface area contributed by atoms with Gasteiger partial charge in [0.25, 0.3) is 0 Å². The van der Waals surface area contributed by atoms with Gasteiger partial charge in [0.1, 0.15) is 0 Å². The number of piperidine rings is 1. The van der Waals surface area contributed by atoms with Crippen molar-refractivity contribution in [1.29, 1.82) is 0 Å². The number of hydrogen-bond acceptors (Lipinski definition) is 3. The van der Waals surface area contributed by atoms with E-state index in [2.05, 4.69) is 33.1 Å². The predicted molar refractivity (Wildman–Crippen MR) is 74.0 cm³/mol. The summed E-state index contributed by atoms with van der Waals surface area (Å²) < 4.78 is 4.29. The molecule has 2 aromatic heterocycles. The van der Waals surface area contributed by atoms with Crippen molar-refractivity contribution in [2.45, 2.75) is 38.8 Å². The summed E-state index contributed by atoms with van der Waals surface area (Å²) in [6, 6.07) is 0. The highest BCUT2D eigenvalue weighted by molar-refractivity contribution is 5.08. The van der Waals surface area contributed by atoms with Crippen molar-refractivity contribution < 1.29 is 0 Å². The molecule has 5 heteroatoms. The standard InChI is InChI=1S/C14H21N5/c1-12-8-17-19(10-12)7-6-18-11-16-9-14(18)13-2-4-15-5-3-13/h8-11,13,15H,2-7H2,1H3. The summed E-state index contributed by atoms with van der Waals surface area (Å²) >= 11 is 0. The highest BCUT2D eigenvalue weighted by Gasteiger charge is 2.18. The fourth-order valence-corrected chi connectivity index (χ4v) is 2.77. The summed E-state index contributed by atoms with van der Waals surface area (Å²) in [5.41, 5.74) is 2.59. The van der Waals surface area contributed by atoms with E-state index in [0.29, 0.717) is 5.92 Å². The van der Waals surface area contributed by atoms with E-state index >= 15 is 0 Å². The Morgan fingerprint density at radius 2 is 2.11 bits per heavy atom. The van der Waals surface area contributed by atoms with Crippen LogP contribution in [0.15, 0.2) is 24.9 Å². The first-order valence-electron chi connectivity index (χ1n) is 7.03. The molecule has 3 heterocycles. The Hall–Kier alpha value is -1.62. The van der Waals surface area contributed by atoms with Crippen molar-refractivity contribution in [3.63, 3.8) is 0 Å². The molecule has 1 saturated heterocycles. The van der Waals surface area contributed by atoms with E-state index in [9.17, 15) is 0 Å². The number of nitrogens with zero attached hydrogens (tertiary/aromatic N) is 4. The van der Waals surface area contributed by atoms with Gasteiger partial charge in [-0.05, 0) is 38.4 Å². The van der Waals surface area contributed by atoms with Crippen LogP contribution in [0.5, 0.6) is 0 Å². The maximum absolute atomic E-state index is 4.33. The van der Waals surface area contributed by atoms with E-state index in [-0.39, 0.29) is 0 Å². The fraction of sp³-hybridized carbons (Fsp3) is 0.571. The third-order valence-electron chi connectivity index (χ3n) is 3.83. The smallest absolute Gasteiger partial charge is 0.0948 e. The number of aromatic nitrogens is 4. The fourth-order valence-electron chi connectivity index (χ4n) is 2.77. The van der Waals surface area contributed by atoms with Gasteiger partial charge in [-0.3, -0.25) is 4.68 Å². The second-order valence-corrected chi connectivity index (χ2v) is 5.32. The first-order chi connectivity index (χ1) is 9.33. The number of rotatable bonds is 4. The van der Waals surface area contributed by atoms with Gasteiger partial charge in [-0.1, -0.05) is 0 Å². The van der Waals surface area contributed by atoms with Gasteiger partial charge < -0.3 is 9.88 Å². The lowest BCUT2D eigenvalue weighted by Crippen LogP contribution is -2.27. The van der Waals surface area contributed by atoms with Crippen LogP contribution in [0.25, 0.3) is 0 Å². The minimum Gasteiger partial charge on any atom is -0.332 e. The summed E-state index contributed by atoms with van der Waals surface area (Å²) in [7, 11) is 0. The molecule has 5 nitrogen and oxygen atoms in total. The van der Waals surface area contributed by atoms with E-state index < -0.39 is 0 Å². The quantitative estimate of drug-likeness (QED) is 0.906. The zero-order chi connectivity index (χ0) is 13.1. The van der Waals surface area contributed by atoms with Crippen LogP contribution in [-0.2, 0) is 13.1 Å². The topological polar surface area (TPSA) is 47.7 Å². The Morgan fingerprint density at radius 1 is 1.26 bits per heavy atom. The monoisotopic (exact) mass is 259 g/mol. The molecule has 0 bridgehead atoms. The Bertz CT molecular complexity index is 521. The molecule has 0 saturated carbocycles. The average Bonchev–Trinajstić information content (AvgIpc) is 3.06. The number of hydrogen-bond donors (Lipinski definition) is 1. The first-order valence-corrected chi connectivity index (χ1v) is 7.03. The summed E-state index contributed by atoms with van der Waals surface area (Å²) in [5.74, 6) is 0.656. The molecule has 3 rings (SSSR count). The maximum Gasteiger partial charge on any atom is 0.0948 e. The van der Waals surface area contributed by atoms with Gasteiger partial charge in [0.15, 0.2) is 0 Å². The number of nitrogens with one attached hydrogen (secondary N) is 1. The van der Waals surface area contributed by atoms with Crippen LogP contribution < -0.4 is 5.32 Å². The van der Waals surface area contributed by atoms with E-state index in [1.165, 1.54) is 24.1 Å². The van der Waals surface area contributed by atoms with E-state index in [4.69, 9.17) is 0 Å². The minimum absolute atomic E-state index is 0.656. The lowest BCUT2D eigenvalue weighted by Gasteiger charge is -2.23. The lowest BCUT2D eigenvalue weighted by atomic mass is 9.95. The first kappa shape index (κ1) is 12.4. The molecule has 0 aliphatic carbocycles. The average molecular weight is 259 g/mol. The van der Waals surface area contributed by atoms with E-state index in [1.807, 2.05) is 23.4 Å². The number of aryl methyl sites for hydroxylation is 3. The van der Waals surface area contributed by atoms with Gasteiger partial charge in [0.05, 0.1) is 19.1 Å². The molecule has 1 aliphatic rings. The second-order valence-electron chi connectivity index (χ2n) is 5.32. The minimum atomic E-state index is 0.656. The van der Waals surface area contributed by atoms with Gasteiger partial charge in [-0.25, -0.2) is 4.98 Å². The molecule has 0 atom stereocenters. The Balaban J connectivity index is 1.66. The van der Waals surface area contributed by atoms with Crippen LogP contribution in [0.2, 0.25) is 0 Å². The Kier molecular flexibility index (Phi) is 3.64. The van der Waals surface area contributed by atoms with Gasteiger partial charge in [-0.15, -0.1) is 0 Å². The van der Waals surface area contributed by atoms with Crippen molar-refractivity contribution >= 4 is 0 Å². The van der Waals surface area contributed by atoms with Crippen LogP contribution in [0.4, 0.5) is 0 Å². The Morgan fingerprint density at radius 3 is 2.84 bits per heavy atom. The molecule has 0 spiro atoms.